The molecule has 0 aliphatic rings. The van der Waals surface area contributed by atoms with E-state index in [4.69, 9.17) is 0 Å². The Bertz CT molecular complexity index is 614. The van der Waals surface area contributed by atoms with Crippen molar-refractivity contribution in [2.45, 2.75) is 20.5 Å². The number of carbonyl (C=O) groups is 1. The van der Waals surface area contributed by atoms with Gasteiger partial charge in [0.1, 0.15) is 5.01 Å². The van der Waals surface area contributed by atoms with Gasteiger partial charge in [0, 0.05) is 6.20 Å². The number of nitrogens with zero attached hydrogens (tertiary/aromatic N) is 2. The van der Waals surface area contributed by atoms with Gasteiger partial charge in [0.15, 0.2) is 6.29 Å². The van der Waals surface area contributed by atoms with Crippen LogP contribution in [0.25, 0.3) is 10.6 Å². The highest BCUT2D eigenvalue weighted by Gasteiger charge is 2.17. The van der Waals surface area contributed by atoms with Crippen LogP contribution in [0, 0.1) is 13.8 Å². The van der Waals surface area contributed by atoms with Crippen LogP contribution in [-0.2, 0) is 0 Å². The van der Waals surface area contributed by atoms with Gasteiger partial charge in [0.05, 0.1) is 16.1 Å². The Morgan fingerprint density at radius 3 is 2.74 bits per heavy atom. The maximum absolute atomic E-state index is 12.3. The van der Waals surface area contributed by atoms with Gasteiger partial charge >= 0.3 is 6.61 Å². The number of alkyl halides is 2. The van der Waals surface area contributed by atoms with Gasteiger partial charge in [-0.15, -0.1) is 11.3 Å². The lowest BCUT2D eigenvalue weighted by Gasteiger charge is -2.08. The van der Waals surface area contributed by atoms with Gasteiger partial charge in [-0.05, 0) is 25.5 Å². The Kier molecular flexibility index (Phi) is 3.84. The van der Waals surface area contributed by atoms with Gasteiger partial charge in [-0.3, -0.25) is 4.79 Å². The number of halogens is 2. The Labute approximate surface area is 112 Å². The predicted octanol–water partition coefficient (Wildman–Crippen LogP) is 3.24. The zero-order valence-corrected chi connectivity index (χ0v) is 11.0. The molecule has 0 radical (unpaired) electrons. The Hall–Kier alpha value is -1.89. The minimum Gasteiger partial charge on any atom is -0.416 e. The van der Waals surface area contributed by atoms with E-state index >= 15 is 0 Å². The third kappa shape index (κ3) is 2.93. The van der Waals surface area contributed by atoms with E-state index in [0.29, 0.717) is 27.4 Å². The molecule has 0 aliphatic carbocycles. The fraction of sp³-hybridized carbons (Fsp3) is 0.250. The van der Waals surface area contributed by atoms with Crippen molar-refractivity contribution < 1.29 is 18.3 Å². The van der Waals surface area contributed by atoms with Gasteiger partial charge in [-0.1, -0.05) is 0 Å². The monoisotopic (exact) mass is 284 g/mol. The number of ether oxygens (including phenoxy) is 1. The molecule has 0 aliphatic heterocycles. The third-order valence-corrected chi connectivity index (χ3v) is 3.47. The van der Waals surface area contributed by atoms with E-state index in [1.807, 2.05) is 0 Å². The average molecular weight is 284 g/mol. The molecular formula is C12H10F2N2O2S. The normalized spacial score (nSPS) is 10.8. The molecule has 19 heavy (non-hydrogen) atoms. The zero-order valence-electron chi connectivity index (χ0n) is 10.2. The lowest BCUT2D eigenvalue weighted by molar-refractivity contribution is -0.0524. The Balaban J connectivity index is 2.52. The minimum atomic E-state index is -2.96. The summed E-state index contributed by atoms with van der Waals surface area (Å²) in [6.45, 7) is 0.505. The smallest absolute Gasteiger partial charge is 0.388 e. The van der Waals surface area contributed by atoms with Gasteiger partial charge in [-0.25, -0.2) is 9.97 Å². The summed E-state index contributed by atoms with van der Waals surface area (Å²) in [5, 5.41) is 0.437. The SMILES string of the molecule is Cc1cnc(OC(F)F)c(-c2nc(C)c(C=O)s2)c1. The largest absolute Gasteiger partial charge is 0.416 e. The van der Waals surface area contributed by atoms with Crippen molar-refractivity contribution in [3.05, 3.63) is 28.4 Å². The molecule has 0 atom stereocenters. The van der Waals surface area contributed by atoms with Crippen LogP contribution in [-0.4, -0.2) is 22.9 Å². The van der Waals surface area contributed by atoms with E-state index in [1.54, 1.807) is 19.9 Å². The highest BCUT2D eigenvalue weighted by molar-refractivity contribution is 7.16. The maximum atomic E-state index is 12.3. The standard InChI is InChI=1S/C12H10F2N2O2S/c1-6-3-8(10(15-4-6)18-12(13)14)11-16-7(2)9(5-17)19-11/h3-5,12H,1-2H3. The zero-order chi connectivity index (χ0) is 14.0. The van der Waals surface area contributed by atoms with E-state index in [0.717, 1.165) is 16.9 Å². The molecule has 2 aromatic rings. The molecule has 0 spiro atoms. The molecule has 4 nitrogen and oxygen atoms in total. The number of aldehydes is 1. The number of thiazole rings is 1. The van der Waals surface area contributed by atoms with Crippen LogP contribution >= 0.6 is 11.3 Å². The van der Waals surface area contributed by atoms with Gasteiger partial charge in [0.25, 0.3) is 0 Å². The number of aryl methyl sites for hydroxylation is 2. The summed E-state index contributed by atoms with van der Waals surface area (Å²) in [6.07, 6.45) is 2.12. The number of hydrogen-bond acceptors (Lipinski definition) is 5. The van der Waals surface area contributed by atoms with Crippen molar-refractivity contribution in [2.75, 3.05) is 0 Å². The Morgan fingerprint density at radius 2 is 2.16 bits per heavy atom. The fourth-order valence-electron chi connectivity index (χ4n) is 1.52. The summed E-state index contributed by atoms with van der Waals surface area (Å²) in [5.41, 5.74) is 1.71. The van der Waals surface area contributed by atoms with Crippen molar-refractivity contribution in [1.82, 2.24) is 9.97 Å². The molecule has 0 saturated carbocycles. The van der Waals surface area contributed by atoms with E-state index in [9.17, 15) is 13.6 Å². The van der Waals surface area contributed by atoms with Gasteiger partial charge in [0.2, 0.25) is 5.88 Å². The summed E-state index contributed by atoms with van der Waals surface area (Å²) in [5.74, 6) is -0.188. The van der Waals surface area contributed by atoms with E-state index < -0.39 is 6.61 Å². The summed E-state index contributed by atoms with van der Waals surface area (Å²) in [6, 6.07) is 1.65. The highest BCUT2D eigenvalue weighted by atomic mass is 32.1. The first kappa shape index (κ1) is 13.5. The van der Waals surface area contributed by atoms with E-state index in [1.165, 1.54) is 6.20 Å². The quantitative estimate of drug-likeness (QED) is 0.809. The molecule has 100 valence electrons. The fourth-order valence-corrected chi connectivity index (χ4v) is 2.41. The molecular weight excluding hydrogens is 274 g/mol. The first-order chi connectivity index (χ1) is 9.01. The number of hydrogen-bond donors (Lipinski definition) is 0. The molecule has 0 N–H and O–H groups in total. The second-order valence-corrected chi connectivity index (χ2v) is 4.86. The summed E-state index contributed by atoms with van der Waals surface area (Å²) in [7, 11) is 0. The summed E-state index contributed by atoms with van der Waals surface area (Å²) >= 11 is 1.12. The molecule has 0 saturated heterocycles. The lowest BCUT2D eigenvalue weighted by atomic mass is 10.2. The van der Waals surface area contributed by atoms with Crippen LogP contribution in [0.2, 0.25) is 0 Å². The molecule has 2 aromatic heterocycles. The van der Waals surface area contributed by atoms with E-state index in [2.05, 4.69) is 14.7 Å². The number of pyridine rings is 1. The van der Waals surface area contributed by atoms with Crippen molar-refractivity contribution in [3.8, 4) is 16.5 Å². The topological polar surface area (TPSA) is 52.1 Å². The molecule has 0 fully saturated rings. The van der Waals surface area contributed by atoms with Crippen LogP contribution in [0.4, 0.5) is 8.78 Å². The number of aromatic nitrogens is 2. The Morgan fingerprint density at radius 1 is 1.42 bits per heavy atom. The second-order valence-electron chi connectivity index (χ2n) is 3.83. The van der Waals surface area contributed by atoms with Crippen LogP contribution in [0.15, 0.2) is 12.3 Å². The number of carbonyl (C=O) groups excluding carboxylic acids is 1. The molecule has 0 unspecified atom stereocenters. The first-order valence-corrected chi connectivity index (χ1v) is 6.17. The van der Waals surface area contributed by atoms with Gasteiger partial charge in [-0.2, -0.15) is 8.78 Å². The average Bonchev–Trinajstić information content (AvgIpc) is 2.72. The molecule has 0 amide bonds. The maximum Gasteiger partial charge on any atom is 0.388 e. The van der Waals surface area contributed by atoms with Crippen molar-refractivity contribution in [1.29, 1.82) is 0 Å². The van der Waals surface area contributed by atoms with E-state index in [-0.39, 0.29) is 5.88 Å². The molecule has 7 heteroatoms. The van der Waals surface area contributed by atoms with Crippen LogP contribution in [0.5, 0.6) is 5.88 Å². The molecule has 0 bridgehead atoms. The lowest BCUT2D eigenvalue weighted by Crippen LogP contribution is -2.05. The molecule has 2 rings (SSSR count). The van der Waals surface area contributed by atoms with Crippen molar-refractivity contribution in [2.24, 2.45) is 0 Å². The summed E-state index contributed by atoms with van der Waals surface area (Å²) < 4.78 is 29.0. The van der Waals surface area contributed by atoms with Crippen LogP contribution in [0.1, 0.15) is 20.9 Å². The van der Waals surface area contributed by atoms with Crippen molar-refractivity contribution >= 4 is 17.6 Å². The highest BCUT2D eigenvalue weighted by Crippen LogP contribution is 2.33. The van der Waals surface area contributed by atoms with Crippen LogP contribution < -0.4 is 4.74 Å². The third-order valence-electron chi connectivity index (χ3n) is 2.36. The minimum absolute atomic E-state index is 0.188. The second kappa shape index (κ2) is 5.40. The molecule has 0 aromatic carbocycles. The van der Waals surface area contributed by atoms with Crippen LogP contribution in [0.3, 0.4) is 0 Å². The van der Waals surface area contributed by atoms with Crippen molar-refractivity contribution in [3.63, 3.8) is 0 Å². The number of rotatable bonds is 4. The first-order valence-electron chi connectivity index (χ1n) is 5.35. The predicted molar refractivity (Wildman–Crippen MR) is 66.8 cm³/mol. The summed E-state index contributed by atoms with van der Waals surface area (Å²) in [4.78, 5) is 19.3. The van der Waals surface area contributed by atoms with Gasteiger partial charge < -0.3 is 4.74 Å². The molecule has 2 heterocycles.